The molecule has 0 aliphatic rings. The third kappa shape index (κ3) is 36.8. The first-order valence-corrected chi connectivity index (χ1v) is 19.5. The van der Waals surface area contributed by atoms with Crippen molar-refractivity contribution in [1.82, 2.24) is 0 Å². The van der Waals surface area contributed by atoms with Gasteiger partial charge in [-0.15, -0.1) is 0 Å². The molecule has 0 saturated heterocycles. The van der Waals surface area contributed by atoms with Gasteiger partial charge in [0.25, 0.3) is 0 Å². The zero-order chi connectivity index (χ0) is 34.6. The fourth-order valence-electron chi connectivity index (χ4n) is 5.40. The van der Waals surface area contributed by atoms with Gasteiger partial charge in [0, 0.05) is 12.8 Å². The monoisotopic (exact) mass is 663 g/mol. The van der Waals surface area contributed by atoms with Gasteiger partial charge in [-0.05, 0) is 44.4 Å². The van der Waals surface area contributed by atoms with Gasteiger partial charge in [0.1, 0.15) is 19.3 Å². The van der Waals surface area contributed by atoms with Gasteiger partial charge >= 0.3 is 11.9 Å². The minimum atomic E-state index is -1.03. The highest BCUT2D eigenvalue weighted by molar-refractivity contribution is 5.69. The van der Waals surface area contributed by atoms with E-state index in [1.54, 1.807) is 6.08 Å². The number of hydrogen-bond acceptors (Lipinski definition) is 6. The number of ether oxygens (including phenoxy) is 2. The third-order valence-corrected chi connectivity index (χ3v) is 8.41. The van der Waals surface area contributed by atoms with Crippen LogP contribution in [0.4, 0.5) is 0 Å². The van der Waals surface area contributed by atoms with Crippen LogP contribution in [0.1, 0.15) is 181 Å². The molecule has 0 radical (unpaired) electrons. The molecule has 0 heterocycles. The van der Waals surface area contributed by atoms with Crippen molar-refractivity contribution in [3.05, 3.63) is 36.5 Å². The van der Waals surface area contributed by atoms with Crippen LogP contribution >= 0.6 is 0 Å². The summed E-state index contributed by atoms with van der Waals surface area (Å²) in [5.41, 5.74) is 0. The maximum atomic E-state index is 12.0. The zero-order valence-corrected chi connectivity index (χ0v) is 30.8. The van der Waals surface area contributed by atoms with E-state index in [1.165, 1.54) is 103 Å². The number of aliphatic hydroxyl groups excluding tert-OH is 2. The molecule has 0 rings (SSSR count). The molecule has 0 aliphatic carbocycles. The first kappa shape index (κ1) is 45.1. The van der Waals surface area contributed by atoms with Gasteiger partial charge in [-0.2, -0.15) is 0 Å². The molecular weight excluding hydrogens is 588 g/mol. The van der Waals surface area contributed by atoms with Crippen LogP contribution in [0, 0.1) is 5.92 Å². The SMILES string of the molecule is CCCCCCCC/C=C/C/C=C/C=C/C(O)CCCC(=O)OC[C@H](O)COC(=O)CCCCCCCCCCCCCCC(C)C. The molecule has 0 aromatic carbocycles. The standard InChI is InChI=1S/C41H74O6/c1-4-5-6-7-8-9-10-11-15-18-21-24-27-31-38(42)32-29-34-41(45)47-36-39(43)35-46-40(44)33-28-25-22-19-16-13-12-14-17-20-23-26-30-37(2)3/h11,15,21,24,27,31,37-39,42-43H,4-10,12-14,16-20,22-23,25-26,28-30,32-36H2,1-3H3/b15-11+,24-21+,31-27+/t38?,39-/m1/s1. The zero-order valence-electron chi connectivity index (χ0n) is 30.8. The topological polar surface area (TPSA) is 93.1 Å². The second kappa shape index (κ2) is 35.4. The highest BCUT2D eigenvalue weighted by Gasteiger charge is 2.12. The number of rotatable bonds is 34. The van der Waals surface area contributed by atoms with E-state index in [-0.39, 0.29) is 25.6 Å². The van der Waals surface area contributed by atoms with E-state index >= 15 is 0 Å². The predicted octanol–water partition coefficient (Wildman–Crippen LogP) is 10.9. The molecule has 0 aromatic heterocycles. The molecule has 0 bridgehead atoms. The lowest BCUT2D eigenvalue weighted by Gasteiger charge is -2.12. The van der Waals surface area contributed by atoms with Crippen molar-refractivity contribution in [2.75, 3.05) is 13.2 Å². The normalized spacial score (nSPS) is 13.3. The molecule has 6 nitrogen and oxygen atoms in total. The Bertz CT molecular complexity index is 787. The van der Waals surface area contributed by atoms with E-state index in [0.717, 1.165) is 38.0 Å². The molecule has 2 N–H and O–H groups in total. The first-order valence-electron chi connectivity index (χ1n) is 19.5. The fraction of sp³-hybridized carbons (Fsp3) is 0.805. The second-order valence-electron chi connectivity index (χ2n) is 13.7. The number of carbonyl (C=O) groups excluding carboxylic acids is 2. The molecule has 0 amide bonds. The molecule has 47 heavy (non-hydrogen) atoms. The van der Waals surface area contributed by atoms with Crippen molar-refractivity contribution in [2.24, 2.45) is 5.92 Å². The Morgan fingerprint density at radius 2 is 1.09 bits per heavy atom. The van der Waals surface area contributed by atoms with Crippen molar-refractivity contribution in [3.63, 3.8) is 0 Å². The minimum absolute atomic E-state index is 0.162. The van der Waals surface area contributed by atoms with Crippen LogP contribution in [0.25, 0.3) is 0 Å². The molecule has 274 valence electrons. The molecule has 1 unspecified atom stereocenters. The van der Waals surface area contributed by atoms with E-state index in [0.29, 0.717) is 19.3 Å². The number of esters is 2. The lowest BCUT2D eigenvalue weighted by Crippen LogP contribution is -2.25. The fourth-order valence-corrected chi connectivity index (χ4v) is 5.40. The quantitative estimate of drug-likeness (QED) is 0.0308. The van der Waals surface area contributed by atoms with Crippen molar-refractivity contribution >= 4 is 11.9 Å². The Morgan fingerprint density at radius 3 is 1.66 bits per heavy atom. The number of unbranched alkanes of at least 4 members (excludes halogenated alkanes) is 17. The first-order chi connectivity index (χ1) is 22.8. The van der Waals surface area contributed by atoms with E-state index in [2.05, 4.69) is 39.0 Å². The van der Waals surface area contributed by atoms with E-state index in [4.69, 9.17) is 9.47 Å². The van der Waals surface area contributed by atoms with Crippen LogP contribution in [-0.4, -0.2) is 47.6 Å². The van der Waals surface area contributed by atoms with Gasteiger partial charge in [0.2, 0.25) is 0 Å². The molecule has 2 atom stereocenters. The summed E-state index contributed by atoms with van der Waals surface area (Å²) in [4.78, 5) is 23.9. The maximum absolute atomic E-state index is 12.0. The van der Waals surface area contributed by atoms with Crippen LogP contribution < -0.4 is 0 Å². The van der Waals surface area contributed by atoms with Crippen LogP contribution in [0.5, 0.6) is 0 Å². The van der Waals surface area contributed by atoms with Crippen molar-refractivity contribution in [2.45, 2.75) is 193 Å². The molecular formula is C41H74O6. The van der Waals surface area contributed by atoms with Gasteiger partial charge in [-0.3, -0.25) is 9.59 Å². The summed E-state index contributed by atoms with van der Waals surface area (Å²) in [5, 5.41) is 20.1. The molecule has 0 fully saturated rings. The number of allylic oxidation sites excluding steroid dienone is 5. The third-order valence-electron chi connectivity index (χ3n) is 8.41. The van der Waals surface area contributed by atoms with Gasteiger partial charge in [0.05, 0.1) is 6.10 Å². The summed E-state index contributed by atoms with van der Waals surface area (Å²) in [6, 6.07) is 0. The number of carbonyl (C=O) groups is 2. The Morgan fingerprint density at radius 1 is 0.574 bits per heavy atom. The van der Waals surface area contributed by atoms with Crippen LogP contribution in [0.15, 0.2) is 36.5 Å². The molecule has 0 spiro atoms. The van der Waals surface area contributed by atoms with Gasteiger partial charge in [-0.1, -0.05) is 166 Å². The summed E-state index contributed by atoms with van der Waals surface area (Å²) >= 11 is 0. The van der Waals surface area contributed by atoms with E-state index < -0.39 is 18.2 Å². The highest BCUT2D eigenvalue weighted by atomic mass is 16.6. The lowest BCUT2D eigenvalue weighted by molar-refractivity contribution is -0.152. The van der Waals surface area contributed by atoms with Gasteiger partial charge < -0.3 is 19.7 Å². The van der Waals surface area contributed by atoms with Gasteiger partial charge in [0.15, 0.2) is 0 Å². The average molecular weight is 663 g/mol. The van der Waals surface area contributed by atoms with Crippen LogP contribution in [-0.2, 0) is 19.1 Å². The molecule has 6 heteroatoms. The van der Waals surface area contributed by atoms with E-state index in [9.17, 15) is 19.8 Å². The van der Waals surface area contributed by atoms with Crippen molar-refractivity contribution in [1.29, 1.82) is 0 Å². The summed E-state index contributed by atoms with van der Waals surface area (Å²) < 4.78 is 10.2. The second-order valence-corrected chi connectivity index (χ2v) is 13.7. The summed E-state index contributed by atoms with van der Waals surface area (Å²) in [6.45, 7) is 6.47. The van der Waals surface area contributed by atoms with Crippen LogP contribution in [0.3, 0.4) is 0 Å². The molecule has 0 aliphatic heterocycles. The smallest absolute Gasteiger partial charge is 0.305 e. The minimum Gasteiger partial charge on any atom is -0.463 e. The Kier molecular flexibility index (Phi) is 33.9. The summed E-state index contributed by atoms with van der Waals surface area (Å²) in [7, 11) is 0. The average Bonchev–Trinajstić information content (AvgIpc) is 3.04. The lowest BCUT2D eigenvalue weighted by atomic mass is 10.0. The Hall–Kier alpha value is -1.92. The van der Waals surface area contributed by atoms with Gasteiger partial charge in [-0.25, -0.2) is 0 Å². The number of aliphatic hydroxyl groups is 2. The maximum Gasteiger partial charge on any atom is 0.305 e. The predicted molar refractivity (Wildman–Crippen MR) is 197 cm³/mol. The number of hydrogen-bond donors (Lipinski definition) is 2. The van der Waals surface area contributed by atoms with Crippen molar-refractivity contribution in [3.8, 4) is 0 Å². The summed E-state index contributed by atoms with van der Waals surface area (Å²) in [6.07, 6.45) is 38.1. The van der Waals surface area contributed by atoms with E-state index in [1.807, 2.05) is 12.2 Å². The highest BCUT2D eigenvalue weighted by Crippen LogP contribution is 2.15. The molecule has 0 saturated carbocycles. The Labute approximate surface area is 289 Å². The Balaban J connectivity index is 3.61. The molecule has 0 aromatic rings. The van der Waals surface area contributed by atoms with Crippen LogP contribution in [0.2, 0.25) is 0 Å². The largest absolute Gasteiger partial charge is 0.463 e. The van der Waals surface area contributed by atoms with Crippen molar-refractivity contribution < 1.29 is 29.3 Å². The summed E-state index contributed by atoms with van der Waals surface area (Å²) in [5.74, 6) is 0.0798.